The van der Waals surface area contributed by atoms with Crippen molar-refractivity contribution in [2.45, 2.75) is 13.3 Å². The average molecular weight is 315 g/mol. The number of hydroxylamine groups is 6. The quantitative estimate of drug-likeness (QED) is 0.320. The maximum atomic E-state index is 9.72. The number of hydrogen-bond acceptors (Lipinski definition) is 4. The molecule has 0 saturated carbocycles. The smallest absolute Gasteiger partial charge is 0.0981 e. The van der Waals surface area contributed by atoms with Crippen molar-refractivity contribution >= 4 is 5.97 Å². The van der Waals surface area contributed by atoms with Crippen molar-refractivity contribution in [3.05, 3.63) is 12.2 Å². The monoisotopic (exact) mass is 314 g/mol. The molecule has 0 atom stereocenters. The first kappa shape index (κ1) is 27.6. The van der Waals surface area contributed by atoms with E-state index in [1.807, 2.05) is 42.3 Å². The minimum atomic E-state index is -1.15. The Labute approximate surface area is 130 Å². The zero-order valence-electron chi connectivity index (χ0n) is 14.3. The van der Waals surface area contributed by atoms with Crippen LogP contribution in [-0.2, 0) is 14.5 Å². The van der Waals surface area contributed by atoms with Gasteiger partial charge < -0.3 is 22.3 Å². The van der Waals surface area contributed by atoms with Crippen molar-refractivity contribution in [2.24, 2.45) is 0 Å². The van der Waals surface area contributed by atoms with Gasteiger partial charge >= 0.3 is 0 Å². The molecule has 0 aliphatic rings. The lowest BCUT2D eigenvalue weighted by Crippen LogP contribution is -3.00. The highest BCUT2D eigenvalue weighted by Crippen LogP contribution is 1.90. The number of halogens is 1. The summed E-state index contributed by atoms with van der Waals surface area (Å²) in [5.74, 6) is -1.15. The summed E-state index contributed by atoms with van der Waals surface area (Å²) in [5.41, 5.74) is 0.153. The van der Waals surface area contributed by atoms with Crippen LogP contribution in [-0.4, -0.2) is 71.8 Å². The molecule has 0 aromatic rings. The topological polar surface area (TPSA) is 58.6 Å². The highest BCUT2D eigenvalue weighted by Gasteiger charge is 2.00. The number of carbonyl (C=O) groups excluding carboxylic acids is 1. The van der Waals surface area contributed by atoms with Gasteiger partial charge in [0.05, 0.1) is 62.5 Å². The summed E-state index contributed by atoms with van der Waals surface area (Å²) in [4.78, 5) is 19.5. The summed E-state index contributed by atoms with van der Waals surface area (Å²) in [6.45, 7) is 4.93. The Morgan fingerprint density at radius 1 is 1.00 bits per heavy atom. The normalized spacial score (nSPS) is 10.1. The van der Waals surface area contributed by atoms with E-state index in [1.54, 1.807) is 21.1 Å². The number of hydrogen-bond donors (Lipinski definition) is 0. The Hall–Kier alpha value is -0.660. The lowest BCUT2D eigenvalue weighted by atomic mass is 10.2. The molecule has 0 radical (unpaired) electrons. The number of rotatable bonds is 4. The summed E-state index contributed by atoms with van der Waals surface area (Å²) in [7, 11) is 15.1. The summed E-state index contributed by atoms with van der Waals surface area (Å²) in [5, 5.41) is 9.72. The number of quaternary nitrogens is 2. The van der Waals surface area contributed by atoms with E-state index in [-0.39, 0.29) is 18.0 Å². The minimum absolute atomic E-state index is 0. The Kier molecular flexibility index (Phi) is 18.4. The molecule has 0 spiro atoms. The van der Waals surface area contributed by atoms with Gasteiger partial charge in [0.1, 0.15) is 0 Å². The lowest BCUT2D eigenvalue weighted by Gasteiger charge is -2.17. The SMILES string of the molecule is C=C(CC)C(=O)[O-].CO[N+](C)(C)C.CO[N+](C)(C)C.[Cl-]. The second-order valence-electron chi connectivity index (χ2n) is 5.39. The second kappa shape index (κ2) is 13.3. The largest absolute Gasteiger partial charge is 1.00 e. The van der Waals surface area contributed by atoms with Crippen LogP contribution in [0.5, 0.6) is 0 Å². The van der Waals surface area contributed by atoms with E-state index < -0.39 is 5.97 Å². The van der Waals surface area contributed by atoms with Gasteiger partial charge in [-0.05, 0) is 12.0 Å². The molecule has 20 heavy (non-hydrogen) atoms. The van der Waals surface area contributed by atoms with Crippen molar-refractivity contribution in [2.75, 3.05) is 56.5 Å². The number of carboxylic acids is 1. The zero-order chi connectivity index (χ0) is 16.3. The first-order chi connectivity index (χ1) is 8.30. The molecule has 0 aromatic carbocycles. The van der Waals surface area contributed by atoms with Crippen LogP contribution in [0.15, 0.2) is 12.2 Å². The van der Waals surface area contributed by atoms with Crippen LogP contribution in [0.3, 0.4) is 0 Å². The average Bonchev–Trinajstić information content (AvgIpc) is 2.27. The van der Waals surface area contributed by atoms with Crippen molar-refractivity contribution in [3.63, 3.8) is 0 Å². The summed E-state index contributed by atoms with van der Waals surface area (Å²) < 4.78 is 1.14. The molecule has 0 saturated heterocycles. The molecular formula is C13H31ClN2O4. The van der Waals surface area contributed by atoms with Crippen molar-refractivity contribution in [1.29, 1.82) is 0 Å². The van der Waals surface area contributed by atoms with Gasteiger partial charge in [-0.2, -0.15) is 9.29 Å². The molecule has 0 bridgehead atoms. The van der Waals surface area contributed by atoms with Crippen LogP contribution in [0.4, 0.5) is 0 Å². The highest BCUT2D eigenvalue weighted by molar-refractivity contribution is 5.83. The number of nitrogens with zero attached hydrogens (tertiary/aromatic N) is 2. The van der Waals surface area contributed by atoms with Gasteiger partial charge in [0, 0.05) is 0 Å². The van der Waals surface area contributed by atoms with Gasteiger partial charge in [0.25, 0.3) is 0 Å². The number of carbonyl (C=O) groups is 1. The van der Waals surface area contributed by atoms with E-state index in [0.29, 0.717) is 15.7 Å². The van der Waals surface area contributed by atoms with Crippen LogP contribution in [0.1, 0.15) is 13.3 Å². The van der Waals surface area contributed by atoms with Crippen LogP contribution in [0, 0.1) is 0 Å². The first-order valence-electron chi connectivity index (χ1n) is 5.94. The molecular weight excluding hydrogens is 284 g/mol. The fourth-order valence-electron chi connectivity index (χ4n) is 0.144. The van der Waals surface area contributed by atoms with Gasteiger partial charge in [-0.1, -0.05) is 13.5 Å². The molecule has 0 rings (SSSR count). The summed E-state index contributed by atoms with van der Waals surface area (Å²) in [6.07, 6.45) is 0.461. The van der Waals surface area contributed by atoms with E-state index in [0.717, 1.165) is 0 Å². The maximum Gasteiger partial charge on any atom is 0.0981 e. The molecule has 0 aliphatic heterocycles. The van der Waals surface area contributed by atoms with Gasteiger partial charge in [-0.3, -0.25) is 0 Å². The van der Waals surface area contributed by atoms with E-state index >= 15 is 0 Å². The minimum Gasteiger partial charge on any atom is -1.00 e. The van der Waals surface area contributed by atoms with Crippen molar-refractivity contribution in [1.82, 2.24) is 0 Å². The van der Waals surface area contributed by atoms with E-state index in [2.05, 4.69) is 6.58 Å². The van der Waals surface area contributed by atoms with Crippen molar-refractivity contribution in [3.8, 4) is 0 Å². The summed E-state index contributed by atoms with van der Waals surface area (Å²) in [6, 6.07) is 0. The maximum absolute atomic E-state index is 9.72. The number of carboxylic acid groups (broad SMARTS) is 1. The molecule has 7 heteroatoms. The van der Waals surface area contributed by atoms with E-state index in [4.69, 9.17) is 9.68 Å². The van der Waals surface area contributed by atoms with Gasteiger partial charge in [0.15, 0.2) is 0 Å². The third-order valence-corrected chi connectivity index (χ3v) is 1.81. The predicted octanol–water partition coefficient (Wildman–Crippen LogP) is -2.79. The second-order valence-corrected chi connectivity index (χ2v) is 5.39. The Morgan fingerprint density at radius 3 is 1.20 bits per heavy atom. The van der Waals surface area contributed by atoms with Gasteiger partial charge in [0.2, 0.25) is 0 Å². The van der Waals surface area contributed by atoms with Gasteiger partial charge in [-0.15, -0.1) is 0 Å². The van der Waals surface area contributed by atoms with Crippen molar-refractivity contribution < 1.29 is 41.3 Å². The predicted molar refractivity (Wildman–Crippen MR) is 74.5 cm³/mol. The van der Waals surface area contributed by atoms with Crippen LogP contribution >= 0.6 is 0 Å². The first-order valence-corrected chi connectivity index (χ1v) is 5.94. The van der Waals surface area contributed by atoms with Crippen LogP contribution in [0.2, 0.25) is 0 Å². The van der Waals surface area contributed by atoms with Crippen LogP contribution < -0.4 is 17.5 Å². The molecule has 0 N–H and O–H groups in total. The van der Waals surface area contributed by atoms with Crippen LogP contribution in [0.25, 0.3) is 0 Å². The molecule has 0 fully saturated rings. The standard InChI is InChI=1S/C5H8O2.2C4H12NO.ClH/c1-3-4(2)5(6)7;2*1-5(2,3)6-4;/h2-3H2,1H3,(H,6,7);2*1-4H3;1H/q;2*+1;/p-2. The lowest BCUT2D eigenvalue weighted by molar-refractivity contribution is -1.06. The molecule has 124 valence electrons. The van der Waals surface area contributed by atoms with E-state index in [1.165, 1.54) is 0 Å². The fraction of sp³-hybridized carbons (Fsp3) is 0.769. The highest BCUT2D eigenvalue weighted by atomic mass is 35.5. The molecule has 0 amide bonds. The Bertz CT molecular complexity index is 244. The molecule has 0 aliphatic carbocycles. The molecule has 6 nitrogen and oxygen atoms in total. The van der Waals surface area contributed by atoms with Gasteiger partial charge in [-0.25, -0.2) is 9.68 Å². The Morgan fingerprint density at radius 2 is 1.20 bits per heavy atom. The summed E-state index contributed by atoms with van der Waals surface area (Å²) >= 11 is 0. The third-order valence-electron chi connectivity index (χ3n) is 1.81. The molecule has 0 aromatic heterocycles. The third kappa shape index (κ3) is 36.0. The fourth-order valence-corrected chi connectivity index (χ4v) is 0.144. The zero-order valence-corrected chi connectivity index (χ0v) is 15.1. The Balaban J connectivity index is -0.0000000941. The number of aliphatic carboxylic acids is 1. The molecule has 0 unspecified atom stereocenters. The van der Waals surface area contributed by atoms with E-state index in [9.17, 15) is 9.90 Å². The molecule has 0 heterocycles.